The molecule has 3 rings (SSSR count). The molecule has 0 aromatic heterocycles. The molecule has 1 aliphatic rings. The second kappa shape index (κ2) is 9.13. The van der Waals surface area contributed by atoms with Crippen LogP contribution in [0.25, 0.3) is 6.08 Å². The maximum Gasteiger partial charge on any atom is 0.330 e. The van der Waals surface area contributed by atoms with Crippen LogP contribution < -0.4 is 14.2 Å². The lowest BCUT2D eigenvalue weighted by Crippen LogP contribution is -2.33. The Hall–Kier alpha value is -3.81. The van der Waals surface area contributed by atoms with Gasteiger partial charge in [-0.3, -0.25) is 14.5 Å². The van der Waals surface area contributed by atoms with Crippen molar-refractivity contribution in [3.63, 3.8) is 0 Å². The topological polar surface area (TPSA) is 91.4 Å². The van der Waals surface area contributed by atoms with Crippen LogP contribution in [0.15, 0.2) is 42.5 Å². The first-order valence-electron chi connectivity index (χ1n) is 9.10. The standard InChI is InChI=1S/C22H21NO7/c1-27-17-12-14(13-18(28-2)20(17)29-3)8-9-19(24)30-11-10-23-21(25)15-6-4-5-7-16(15)22(23)26/h4-9,12-13H,10-11H2,1-3H3. The molecule has 2 aromatic carbocycles. The molecular weight excluding hydrogens is 390 g/mol. The number of ether oxygens (including phenoxy) is 4. The number of benzene rings is 2. The first-order valence-corrected chi connectivity index (χ1v) is 9.10. The Labute approximate surface area is 173 Å². The third kappa shape index (κ3) is 4.12. The van der Waals surface area contributed by atoms with Crippen LogP contribution in [0.2, 0.25) is 0 Å². The lowest BCUT2D eigenvalue weighted by molar-refractivity contribution is -0.137. The van der Waals surface area contributed by atoms with E-state index in [4.69, 9.17) is 18.9 Å². The molecule has 0 saturated carbocycles. The molecule has 0 N–H and O–H groups in total. The molecule has 0 unspecified atom stereocenters. The number of fused-ring (bicyclic) bond motifs is 1. The third-order valence-electron chi connectivity index (χ3n) is 4.54. The van der Waals surface area contributed by atoms with Gasteiger partial charge in [-0.25, -0.2) is 4.79 Å². The number of carbonyl (C=O) groups is 3. The fraction of sp³-hybridized carbons (Fsp3) is 0.227. The first kappa shape index (κ1) is 20.9. The second-order valence-electron chi connectivity index (χ2n) is 6.27. The average molecular weight is 411 g/mol. The van der Waals surface area contributed by atoms with Crippen LogP contribution in [0.3, 0.4) is 0 Å². The molecule has 0 radical (unpaired) electrons. The average Bonchev–Trinajstić information content (AvgIpc) is 3.01. The maximum atomic E-state index is 12.3. The van der Waals surface area contributed by atoms with Crippen molar-refractivity contribution >= 4 is 23.9 Å². The highest BCUT2D eigenvalue weighted by Crippen LogP contribution is 2.38. The number of carbonyl (C=O) groups excluding carboxylic acids is 3. The SMILES string of the molecule is COc1cc(C=CC(=O)OCCN2C(=O)c3ccccc3C2=O)cc(OC)c1OC. The fourth-order valence-electron chi connectivity index (χ4n) is 3.09. The number of methoxy groups -OCH3 is 3. The highest BCUT2D eigenvalue weighted by Gasteiger charge is 2.34. The molecule has 2 aromatic rings. The zero-order valence-electron chi connectivity index (χ0n) is 16.8. The van der Waals surface area contributed by atoms with Crippen molar-refractivity contribution in [1.29, 1.82) is 0 Å². The maximum absolute atomic E-state index is 12.3. The van der Waals surface area contributed by atoms with Crippen LogP contribution >= 0.6 is 0 Å². The monoisotopic (exact) mass is 411 g/mol. The number of hydrogen-bond donors (Lipinski definition) is 0. The van der Waals surface area contributed by atoms with E-state index in [1.807, 2.05) is 0 Å². The van der Waals surface area contributed by atoms with Crippen molar-refractivity contribution < 1.29 is 33.3 Å². The summed E-state index contributed by atoms with van der Waals surface area (Å²) in [5, 5.41) is 0. The van der Waals surface area contributed by atoms with E-state index in [0.29, 0.717) is 33.9 Å². The number of nitrogens with zero attached hydrogens (tertiary/aromatic N) is 1. The smallest absolute Gasteiger partial charge is 0.330 e. The van der Waals surface area contributed by atoms with Crippen LogP contribution in [-0.2, 0) is 9.53 Å². The molecule has 1 heterocycles. The van der Waals surface area contributed by atoms with Crippen molar-refractivity contribution in [3.8, 4) is 17.2 Å². The van der Waals surface area contributed by atoms with Gasteiger partial charge >= 0.3 is 5.97 Å². The van der Waals surface area contributed by atoms with Gasteiger partial charge in [0, 0.05) is 6.08 Å². The Morgan fingerprint density at radius 3 is 2.00 bits per heavy atom. The Balaban J connectivity index is 1.59. The van der Waals surface area contributed by atoms with E-state index in [0.717, 1.165) is 4.90 Å². The summed E-state index contributed by atoms with van der Waals surface area (Å²) >= 11 is 0. The predicted octanol–water partition coefficient (Wildman–Crippen LogP) is 2.57. The molecule has 8 heteroatoms. The Bertz CT molecular complexity index is 952. The molecule has 0 spiro atoms. The van der Waals surface area contributed by atoms with Gasteiger partial charge in [0.1, 0.15) is 6.61 Å². The van der Waals surface area contributed by atoms with E-state index in [-0.39, 0.29) is 25.0 Å². The van der Waals surface area contributed by atoms with Gasteiger partial charge in [-0.2, -0.15) is 0 Å². The predicted molar refractivity (Wildman–Crippen MR) is 108 cm³/mol. The summed E-state index contributed by atoms with van der Waals surface area (Å²) < 4.78 is 20.9. The summed E-state index contributed by atoms with van der Waals surface area (Å²) in [5.74, 6) is -0.0359. The van der Waals surface area contributed by atoms with E-state index in [1.54, 1.807) is 36.4 Å². The summed E-state index contributed by atoms with van der Waals surface area (Å²) in [4.78, 5) is 37.7. The van der Waals surface area contributed by atoms with Gasteiger partial charge in [0.15, 0.2) is 11.5 Å². The van der Waals surface area contributed by atoms with E-state index in [1.165, 1.54) is 33.5 Å². The molecule has 2 amide bonds. The van der Waals surface area contributed by atoms with E-state index >= 15 is 0 Å². The van der Waals surface area contributed by atoms with E-state index < -0.39 is 5.97 Å². The minimum Gasteiger partial charge on any atom is -0.493 e. The normalized spacial score (nSPS) is 12.8. The van der Waals surface area contributed by atoms with Crippen molar-refractivity contribution in [2.75, 3.05) is 34.5 Å². The van der Waals surface area contributed by atoms with Crippen LogP contribution in [0, 0.1) is 0 Å². The molecule has 156 valence electrons. The Kier molecular flexibility index (Phi) is 6.36. The molecule has 0 atom stereocenters. The lowest BCUT2D eigenvalue weighted by Gasteiger charge is -2.13. The van der Waals surface area contributed by atoms with Gasteiger partial charge in [0.05, 0.1) is 39.0 Å². The quantitative estimate of drug-likeness (QED) is 0.375. The Morgan fingerprint density at radius 1 is 0.933 bits per heavy atom. The summed E-state index contributed by atoms with van der Waals surface area (Å²) in [6.45, 7) is -0.125. The van der Waals surface area contributed by atoms with Gasteiger partial charge in [0.25, 0.3) is 11.8 Å². The minimum absolute atomic E-state index is 0.0177. The highest BCUT2D eigenvalue weighted by atomic mass is 16.5. The summed E-state index contributed by atoms with van der Waals surface area (Å²) in [7, 11) is 4.50. The van der Waals surface area contributed by atoms with Crippen molar-refractivity contribution in [1.82, 2.24) is 4.90 Å². The van der Waals surface area contributed by atoms with Gasteiger partial charge in [-0.1, -0.05) is 12.1 Å². The number of hydrogen-bond acceptors (Lipinski definition) is 7. The third-order valence-corrected chi connectivity index (χ3v) is 4.54. The van der Waals surface area contributed by atoms with Crippen LogP contribution in [-0.4, -0.2) is 57.2 Å². The number of amides is 2. The zero-order valence-corrected chi connectivity index (χ0v) is 16.8. The van der Waals surface area contributed by atoms with Crippen molar-refractivity contribution in [3.05, 3.63) is 59.2 Å². The number of esters is 1. The Morgan fingerprint density at radius 2 is 1.50 bits per heavy atom. The summed E-state index contributed by atoms with van der Waals surface area (Å²) in [6, 6.07) is 9.96. The van der Waals surface area contributed by atoms with E-state index in [9.17, 15) is 14.4 Å². The van der Waals surface area contributed by atoms with Gasteiger partial charge in [0.2, 0.25) is 5.75 Å². The molecule has 0 saturated heterocycles. The second-order valence-corrected chi connectivity index (χ2v) is 6.27. The van der Waals surface area contributed by atoms with Crippen LogP contribution in [0.1, 0.15) is 26.3 Å². The van der Waals surface area contributed by atoms with Crippen LogP contribution in [0.4, 0.5) is 0 Å². The summed E-state index contributed by atoms with van der Waals surface area (Å²) in [5.41, 5.74) is 1.36. The van der Waals surface area contributed by atoms with Gasteiger partial charge in [-0.05, 0) is 35.9 Å². The van der Waals surface area contributed by atoms with Gasteiger partial charge in [-0.15, -0.1) is 0 Å². The number of imide groups is 1. The molecular formula is C22H21NO7. The molecule has 30 heavy (non-hydrogen) atoms. The van der Waals surface area contributed by atoms with Crippen molar-refractivity contribution in [2.24, 2.45) is 0 Å². The largest absolute Gasteiger partial charge is 0.493 e. The van der Waals surface area contributed by atoms with Gasteiger partial charge < -0.3 is 18.9 Å². The highest BCUT2D eigenvalue weighted by molar-refractivity contribution is 6.21. The van der Waals surface area contributed by atoms with Crippen LogP contribution in [0.5, 0.6) is 17.2 Å². The molecule has 8 nitrogen and oxygen atoms in total. The van der Waals surface area contributed by atoms with E-state index in [2.05, 4.69) is 0 Å². The molecule has 0 aliphatic carbocycles. The molecule has 0 bridgehead atoms. The zero-order chi connectivity index (χ0) is 21.7. The fourth-order valence-corrected chi connectivity index (χ4v) is 3.09. The van der Waals surface area contributed by atoms with Crippen molar-refractivity contribution in [2.45, 2.75) is 0 Å². The molecule has 0 fully saturated rings. The molecule has 1 aliphatic heterocycles. The first-order chi connectivity index (χ1) is 14.5. The number of rotatable bonds is 8. The lowest BCUT2D eigenvalue weighted by atomic mass is 10.1. The minimum atomic E-state index is -0.611. The summed E-state index contributed by atoms with van der Waals surface area (Å²) in [6.07, 6.45) is 2.78.